The van der Waals surface area contributed by atoms with Crippen LogP contribution in [0.5, 0.6) is 11.6 Å². The number of likely N-dealkylation sites (tertiary alicyclic amines) is 1. The van der Waals surface area contributed by atoms with E-state index in [9.17, 15) is 4.79 Å². The van der Waals surface area contributed by atoms with E-state index in [1.807, 2.05) is 24.3 Å². The van der Waals surface area contributed by atoms with Crippen molar-refractivity contribution in [3.8, 4) is 11.6 Å². The average molecular weight is 393 g/mol. The first-order valence-corrected chi connectivity index (χ1v) is 9.89. The second kappa shape index (κ2) is 7.36. The lowest BCUT2D eigenvalue weighted by Crippen LogP contribution is -2.45. The van der Waals surface area contributed by atoms with Gasteiger partial charge in [0.15, 0.2) is 5.75 Å². The lowest BCUT2D eigenvalue weighted by molar-refractivity contribution is 0.0882. The van der Waals surface area contributed by atoms with E-state index in [1.165, 1.54) is 6.20 Å². The number of piperidine rings is 1. The number of aromatic nitrogens is 3. The lowest BCUT2D eigenvalue weighted by atomic mass is 9.97. The molecule has 4 heterocycles. The predicted octanol–water partition coefficient (Wildman–Crippen LogP) is 2.29. The maximum atomic E-state index is 12.8. The number of aromatic amines is 1. The quantitative estimate of drug-likeness (QED) is 0.709. The molecule has 0 saturated carbocycles. The summed E-state index contributed by atoms with van der Waals surface area (Å²) in [5.74, 6) is 1.76. The first kappa shape index (κ1) is 17.9. The Labute approximate surface area is 168 Å². The fourth-order valence-electron chi connectivity index (χ4n) is 3.99. The van der Waals surface area contributed by atoms with Crippen molar-refractivity contribution in [3.63, 3.8) is 0 Å². The molecule has 8 nitrogen and oxygen atoms in total. The molecule has 2 atom stereocenters. The molecule has 0 bridgehead atoms. The summed E-state index contributed by atoms with van der Waals surface area (Å²) in [6.07, 6.45) is 3.21. The van der Waals surface area contributed by atoms with Crippen LogP contribution in [0.1, 0.15) is 35.1 Å². The minimum Gasteiger partial charge on any atom is -0.484 e. The molecule has 0 unspecified atom stereocenters. The van der Waals surface area contributed by atoms with Gasteiger partial charge in [0, 0.05) is 24.8 Å². The molecule has 1 aromatic carbocycles. The van der Waals surface area contributed by atoms with Gasteiger partial charge < -0.3 is 19.8 Å². The van der Waals surface area contributed by atoms with E-state index in [0.717, 1.165) is 36.2 Å². The number of H-pyrrole nitrogens is 1. The van der Waals surface area contributed by atoms with Gasteiger partial charge in [0.05, 0.1) is 22.6 Å². The summed E-state index contributed by atoms with van der Waals surface area (Å²) in [6.45, 7) is 1.82. The number of carbonyl (C=O) groups excluding carboxylic acids is 1. The molecule has 0 spiro atoms. The van der Waals surface area contributed by atoms with Gasteiger partial charge in [-0.15, -0.1) is 0 Å². The second-order valence-corrected chi connectivity index (χ2v) is 7.55. The third kappa shape index (κ3) is 3.51. The van der Waals surface area contributed by atoms with Crippen LogP contribution in [-0.2, 0) is 0 Å². The molecular weight excluding hydrogens is 370 g/mol. The number of hydrogen-bond acceptors (Lipinski definition) is 6. The first-order valence-electron chi connectivity index (χ1n) is 9.89. The van der Waals surface area contributed by atoms with Gasteiger partial charge in [0.25, 0.3) is 11.8 Å². The van der Waals surface area contributed by atoms with Gasteiger partial charge >= 0.3 is 0 Å². The SMILES string of the molecule is CN1CC[C@@H](NC(=O)c2cnc3c(c2)OCCO3)C[C@@H]1c1nc2ccccc2[nH]1. The van der Waals surface area contributed by atoms with E-state index in [0.29, 0.717) is 30.4 Å². The summed E-state index contributed by atoms with van der Waals surface area (Å²) < 4.78 is 11.0. The Morgan fingerprint density at radius 2 is 2.14 bits per heavy atom. The lowest BCUT2D eigenvalue weighted by Gasteiger charge is -2.36. The number of hydrogen-bond donors (Lipinski definition) is 2. The number of nitrogens with zero attached hydrogens (tertiary/aromatic N) is 3. The molecule has 2 aromatic heterocycles. The molecule has 1 saturated heterocycles. The molecular formula is C21H23N5O3. The minimum absolute atomic E-state index is 0.0603. The number of rotatable bonds is 3. The van der Waals surface area contributed by atoms with Crippen LogP contribution in [0.4, 0.5) is 0 Å². The summed E-state index contributed by atoms with van der Waals surface area (Å²) in [5.41, 5.74) is 2.47. The molecule has 8 heteroatoms. The fraction of sp³-hybridized carbons (Fsp3) is 0.381. The normalized spacial score (nSPS) is 21.8. The highest BCUT2D eigenvalue weighted by molar-refractivity contribution is 5.94. The maximum Gasteiger partial charge on any atom is 0.257 e. The fourth-order valence-corrected chi connectivity index (χ4v) is 3.99. The highest BCUT2D eigenvalue weighted by atomic mass is 16.6. The molecule has 0 radical (unpaired) electrons. The van der Waals surface area contributed by atoms with E-state index in [2.05, 4.69) is 27.2 Å². The van der Waals surface area contributed by atoms with Gasteiger partial charge in [-0.1, -0.05) is 12.1 Å². The summed E-state index contributed by atoms with van der Waals surface area (Å²) in [7, 11) is 2.10. The minimum atomic E-state index is -0.146. The number of ether oxygens (including phenoxy) is 2. The summed E-state index contributed by atoms with van der Waals surface area (Å²) >= 11 is 0. The van der Waals surface area contributed by atoms with Crippen molar-refractivity contribution in [2.75, 3.05) is 26.8 Å². The molecule has 1 amide bonds. The molecule has 2 aliphatic rings. The zero-order valence-corrected chi connectivity index (χ0v) is 16.2. The van der Waals surface area contributed by atoms with Crippen LogP contribution in [0.3, 0.4) is 0 Å². The van der Waals surface area contributed by atoms with Crippen LogP contribution in [0.2, 0.25) is 0 Å². The first-order chi connectivity index (χ1) is 14.2. The van der Waals surface area contributed by atoms with E-state index in [4.69, 9.17) is 14.5 Å². The van der Waals surface area contributed by atoms with Crippen LogP contribution in [0.25, 0.3) is 11.0 Å². The van der Waals surface area contributed by atoms with Gasteiger partial charge in [-0.05, 0) is 32.0 Å². The number of imidazole rings is 1. The van der Waals surface area contributed by atoms with Gasteiger partial charge in [0.1, 0.15) is 19.0 Å². The number of pyridine rings is 1. The highest BCUT2D eigenvalue weighted by Crippen LogP contribution is 2.30. The average Bonchev–Trinajstić information content (AvgIpc) is 3.18. The number of benzene rings is 1. The van der Waals surface area contributed by atoms with E-state index >= 15 is 0 Å². The molecule has 2 N–H and O–H groups in total. The zero-order valence-electron chi connectivity index (χ0n) is 16.2. The molecule has 29 heavy (non-hydrogen) atoms. The van der Waals surface area contributed by atoms with Crippen molar-refractivity contribution >= 4 is 16.9 Å². The van der Waals surface area contributed by atoms with Crippen LogP contribution in [0.15, 0.2) is 36.5 Å². The smallest absolute Gasteiger partial charge is 0.257 e. The Morgan fingerprint density at radius 1 is 1.28 bits per heavy atom. The number of amides is 1. The van der Waals surface area contributed by atoms with Crippen molar-refractivity contribution in [2.24, 2.45) is 0 Å². The van der Waals surface area contributed by atoms with Gasteiger partial charge in [-0.3, -0.25) is 9.69 Å². The molecule has 5 rings (SSSR count). The third-order valence-corrected chi connectivity index (χ3v) is 5.59. The topological polar surface area (TPSA) is 92.4 Å². The van der Waals surface area contributed by atoms with Crippen LogP contribution >= 0.6 is 0 Å². The molecule has 1 fully saturated rings. The Balaban J connectivity index is 1.30. The summed E-state index contributed by atoms with van der Waals surface area (Å²) in [5, 5.41) is 3.15. The zero-order chi connectivity index (χ0) is 19.8. The largest absolute Gasteiger partial charge is 0.484 e. The van der Waals surface area contributed by atoms with Crippen LogP contribution in [0, 0.1) is 0 Å². The highest BCUT2D eigenvalue weighted by Gasteiger charge is 2.30. The van der Waals surface area contributed by atoms with E-state index in [-0.39, 0.29) is 18.0 Å². The van der Waals surface area contributed by atoms with Crippen molar-refractivity contribution in [1.29, 1.82) is 0 Å². The second-order valence-electron chi connectivity index (χ2n) is 7.55. The van der Waals surface area contributed by atoms with Crippen LogP contribution in [-0.4, -0.2) is 58.6 Å². The van der Waals surface area contributed by atoms with Gasteiger partial charge in [0.2, 0.25) is 0 Å². The van der Waals surface area contributed by atoms with E-state index in [1.54, 1.807) is 6.07 Å². The standard InChI is InChI=1S/C21H23N5O3/c1-26-7-6-14(11-17(26)19-24-15-4-2-3-5-16(15)25-19)23-20(27)13-10-18-21(22-12-13)29-9-8-28-18/h2-5,10,12,14,17H,6-9,11H2,1H3,(H,23,27)(H,24,25)/t14-,17-/m1/s1. The summed E-state index contributed by atoms with van der Waals surface area (Å²) in [4.78, 5) is 27.5. The Hall–Kier alpha value is -3.13. The van der Waals surface area contributed by atoms with Crippen molar-refractivity contribution < 1.29 is 14.3 Å². The van der Waals surface area contributed by atoms with Crippen molar-refractivity contribution in [2.45, 2.75) is 24.9 Å². The maximum absolute atomic E-state index is 12.8. The monoisotopic (exact) mass is 393 g/mol. The molecule has 3 aromatic rings. The van der Waals surface area contributed by atoms with Crippen LogP contribution < -0.4 is 14.8 Å². The predicted molar refractivity (Wildman–Crippen MR) is 107 cm³/mol. The van der Waals surface area contributed by atoms with Crippen molar-refractivity contribution in [3.05, 3.63) is 47.9 Å². The Bertz CT molecular complexity index is 1020. The number of fused-ring (bicyclic) bond motifs is 2. The number of para-hydroxylation sites is 2. The van der Waals surface area contributed by atoms with Crippen molar-refractivity contribution in [1.82, 2.24) is 25.2 Å². The van der Waals surface area contributed by atoms with E-state index < -0.39 is 0 Å². The number of nitrogens with one attached hydrogen (secondary N) is 2. The van der Waals surface area contributed by atoms with Gasteiger partial charge in [-0.2, -0.15) is 0 Å². The number of carbonyl (C=O) groups is 1. The molecule has 2 aliphatic heterocycles. The molecule has 150 valence electrons. The third-order valence-electron chi connectivity index (χ3n) is 5.59. The Morgan fingerprint density at radius 3 is 3.03 bits per heavy atom. The Kier molecular flexibility index (Phi) is 4.55. The summed E-state index contributed by atoms with van der Waals surface area (Å²) in [6, 6.07) is 9.91. The molecule has 0 aliphatic carbocycles. The van der Waals surface area contributed by atoms with Gasteiger partial charge in [-0.25, -0.2) is 9.97 Å².